The molecule has 0 N–H and O–H groups in total. The quantitative estimate of drug-likeness (QED) is 0.730. The maximum atomic E-state index is 13.0. The van der Waals surface area contributed by atoms with Crippen LogP contribution < -0.4 is 4.74 Å². The van der Waals surface area contributed by atoms with Crippen LogP contribution in [-0.4, -0.2) is 39.2 Å². The first-order chi connectivity index (χ1) is 12.7. The number of rotatable bonds is 3. The van der Waals surface area contributed by atoms with E-state index in [-0.39, 0.29) is 5.91 Å². The molecule has 1 amide bonds. The van der Waals surface area contributed by atoms with Crippen molar-refractivity contribution < 1.29 is 9.53 Å². The summed E-state index contributed by atoms with van der Waals surface area (Å²) in [6.45, 7) is 3.79. The Morgan fingerprint density at radius 3 is 2.65 bits per heavy atom. The highest BCUT2D eigenvalue weighted by molar-refractivity contribution is 5.96. The van der Waals surface area contributed by atoms with Crippen LogP contribution in [-0.2, 0) is 13.1 Å². The van der Waals surface area contributed by atoms with Crippen molar-refractivity contribution >= 4 is 5.91 Å². The molecule has 0 saturated heterocycles. The molecular weight excluding hydrogens is 328 g/mol. The van der Waals surface area contributed by atoms with E-state index in [1.165, 1.54) is 0 Å². The fourth-order valence-electron chi connectivity index (χ4n) is 3.34. The predicted molar refractivity (Wildman–Crippen MR) is 97.9 cm³/mol. The molecule has 0 aliphatic carbocycles. The van der Waals surface area contributed by atoms with Crippen molar-refractivity contribution in [3.8, 4) is 16.9 Å². The second-order valence-electron chi connectivity index (χ2n) is 6.32. The molecule has 0 bridgehead atoms. The zero-order valence-corrected chi connectivity index (χ0v) is 14.8. The standard InChI is InChI=1S/C20H20N4O2/c1-14-21-22-19-13-23(10-11-24(14)19)20(25)16-8-9-18(26-2)17(12-16)15-6-4-3-5-7-15/h3-9,12H,10-11,13H2,1-2H3. The Kier molecular flexibility index (Phi) is 4.16. The minimum atomic E-state index is -0.00302. The number of carbonyl (C=O) groups is 1. The Labute approximate surface area is 152 Å². The molecule has 6 nitrogen and oxygen atoms in total. The van der Waals surface area contributed by atoms with Crippen molar-refractivity contribution in [1.82, 2.24) is 19.7 Å². The lowest BCUT2D eigenvalue weighted by molar-refractivity contribution is 0.0706. The predicted octanol–water partition coefficient (Wildman–Crippen LogP) is 2.92. The summed E-state index contributed by atoms with van der Waals surface area (Å²) < 4.78 is 7.55. The molecule has 26 heavy (non-hydrogen) atoms. The molecule has 3 aromatic rings. The summed E-state index contributed by atoms with van der Waals surface area (Å²) in [7, 11) is 1.64. The fourth-order valence-corrected chi connectivity index (χ4v) is 3.34. The summed E-state index contributed by atoms with van der Waals surface area (Å²) in [5, 5.41) is 8.27. The average molecular weight is 348 g/mol. The van der Waals surface area contributed by atoms with Gasteiger partial charge in [-0.15, -0.1) is 10.2 Å². The number of ether oxygens (including phenoxy) is 1. The molecule has 0 saturated carbocycles. The van der Waals surface area contributed by atoms with E-state index < -0.39 is 0 Å². The average Bonchev–Trinajstić information content (AvgIpc) is 3.08. The molecule has 0 atom stereocenters. The molecule has 0 radical (unpaired) electrons. The number of aromatic nitrogens is 3. The normalized spacial score (nSPS) is 13.4. The van der Waals surface area contributed by atoms with Crippen LogP contribution in [0, 0.1) is 6.92 Å². The van der Waals surface area contributed by atoms with Gasteiger partial charge in [0.15, 0.2) is 5.82 Å². The van der Waals surface area contributed by atoms with Crippen LogP contribution in [0.3, 0.4) is 0 Å². The monoisotopic (exact) mass is 348 g/mol. The van der Waals surface area contributed by atoms with Gasteiger partial charge in [0.1, 0.15) is 11.6 Å². The summed E-state index contributed by atoms with van der Waals surface area (Å²) in [5.41, 5.74) is 2.58. The van der Waals surface area contributed by atoms with E-state index in [0.717, 1.165) is 35.1 Å². The molecule has 0 fully saturated rings. The second kappa shape index (κ2) is 6.63. The van der Waals surface area contributed by atoms with E-state index in [9.17, 15) is 4.79 Å². The van der Waals surface area contributed by atoms with Crippen LogP contribution in [0.1, 0.15) is 22.0 Å². The van der Waals surface area contributed by atoms with E-state index in [0.29, 0.717) is 18.7 Å². The van der Waals surface area contributed by atoms with Gasteiger partial charge in [0, 0.05) is 24.2 Å². The van der Waals surface area contributed by atoms with Crippen molar-refractivity contribution in [2.45, 2.75) is 20.0 Å². The smallest absolute Gasteiger partial charge is 0.254 e. The molecule has 2 aromatic carbocycles. The van der Waals surface area contributed by atoms with Gasteiger partial charge in [-0.1, -0.05) is 30.3 Å². The molecule has 2 heterocycles. The fraction of sp³-hybridized carbons (Fsp3) is 0.250. The van der Waals surface area contributed by atoms with Crippen molar-refractivity contribution in [2.24, 2.45) is 0 Å². The number of aryl methyl sites for hydroxylation is 1. The number of amides is 1. The van der Waals surface area contributed by atoms with E-state index >= 15 is 0 Å². The van der Waals surface area contributed by atoms with Crippen LogP contribution in [0.5, 0.6) is 5.75 Å². The van der Waals surface area contributed by atoms with E-state index in [1.807, 2.05) is 60.4 Å². The summed E-state index contributed by atoms with van der Waals surface area (Å²) in [5.74, 6) is 2.47. The van der Waals surface area contributed by atoms with Gasteiger partial charge < -0.3 is 14.2 Å². The molecule has 0 spiro atoms. The number of nitrogens with zero attached hydrogens (tertiary/aromatic N) is 4. The SMILES string of the molecule is COc1ccc(C(=O)N2CCn3c(C)nnc3C2)cc1-c1ccccc1. The van der Waals surface area contributed by atoms with Crippen molar-refractivity contribution in [3.05, 3.63) is 65.7 Å². The third kappa shape index (κ3) is 2.83. The summed E-state index contributed by atoms with van der Waals surface area (Å²) >= 11 is 0. The number of hydrogen-bond acceptors (Lipinski definition) is 4. The number of fused-ring (bicyclic) bond motifs is 1. The van der Waals surface area contributed by atoms with Crippen molar-refractivity contribution in [2.75, 3.05) is 13.7 Å². The van der Waals surface area contributed by atoms with Crippen LogP contribution in [0.25, 0.3) is 11.1 Å². The Morgan fingerprint density at radius 1 is 1.08 bits per heavy atom. The molecule has 1 aromatic heterocycles. The molecule has 6 heteroatoms. The lowest BCUT2D eigenvalue weighted by Gasteiger charge is -2.28. The van der Waals surface area contributed by atoms with Gasteiger partial charge in [-0.3, -0.25) is 4.79 Å². The highest BCUT2D eigenvalue weighted by Crippen LogP contribution is 2.31. The highest BCUT2D eigenvalue weighted by Gasteiger charge is 2.24. The topological polar surface area (TPSA) is 60.2 Å². The van der Waals surface area contributed by atoms with E-state index in [1.54, 1.807) is 7.11 Å². The zero-order valence-electron chi connectivity index (χ0n) is 14.8. The maximum absolute atomic E-state index is 13.0. The Morgan fingerprint density at radius 2 is 1.88 bits per heavy atom. The third-order valence-corrected chi connectivity index (χ3v) is 4.76. The molecule has 4 rings (SSSR count). The maximum Gasteiger partial charge on any atom is 0.254 e. The van der Waals surface area contributed by atoms with Gasteiger partial charge in [-0.2, -0.15) is 0 Å². The van der Waals surface area contributed by atoms with Gasteiger partial charge in [0.2, 0.25) is 0 Å². The minimum Gasteiger partial charge on any atom is -0.496 e. The molecule has 132 valence electrons. The summed E-state index contributed by atoms with van der Waals surface area (Å²) in [4.78, 5) is 14.8. The van der Waals surface area contributed by atoms with Crippen molar-refractivity contribution in [3.63, 3.8) is 0 Å². The van der Waals surface area contributed by atoms with Crippen LogP contribution >= 0.6 is 0 Å². The van der Waals surface area contributed by atoms with Gasteiger partial charge in [0.05, 0.1) is 13.7 Å². The molecule has 1 aliphatic rings. The van der Waals surface area contributed by atoms with Crippen LogP contribution in [0.2, 0.25) is 0 Å². The van der Waals surface area contributed by atoms with Crippen molar-refractivity contribution in [1.29, 1.82) is 0 Å². The highest BCUT2D eigenvalue weighted by atomic mass is 16.5. The largest absolute Gasteiger partial charge is 0.496 e. The number of methoxy groups -OCH3 is 1. The Bertz CT molecular complexity index is 950. The zero-order chi connectivity index (χ0) is 18.1. The molecular formula is C20H20N4O2. The Balaban J connectivity index is 1.65. The van der Waals surface area contributed by atoms with Crippen LogP contribution in [0.15, 0.2) is 48.5 Å². The van der Waals surface area contributed by atoms with E-state index in [4.69, 9.17) is 4.74 Å². The minimum absolute atomic E-state index is 0.00302. The molecule has 1 aliphatic heterocycles. The first-order valence-corrected chi connectivity index (χ1v) is 8.59. The van der Waals surface area contributed by atoms with E-state index in [2.05, 4.69) is 14.8 Å². The van der Waals surface area contributed by atoms with Gasteiger partial charge >= 0.3 is 0 Å². The number of hydrogen-bond donors (Lipinski definition) is 0. The summed E-state index contributed by atoms with van der Waals surface area (Å²) in [6.07, 6.45) is 0. The number of benzene rings is 2. The Hall–Kier alpha value is -3.15. The number of carbonyl (C=O) groups excluding carboxylic acids is 1. The van der Waals surface area contributed by atoms with Gasteiger partial charge in [-0.05, 0) is 30.7 Å². The van der Waals surface area contributed by atoms with Gasteiger partial charge in [0.25, 0.3) is 5.91 Å². The molecule has 0 unspecified atom stereocenters. The second-order valence-corrected chi connectivity index (χ2v) is 6.32. The van der Waals surface area contributed by atoms with Gasteiger partial charge in [-0.25, -0.2) is 0 Å². The lowest BCUT2D eigenvalue weighted by atomic mass is 10.0. The first kappa shape index (κ1) is 16.3. The third-order valence-electron chi connectivity index (χ3n) is 4.76. The summed E-state index contributed by atoms with van der Waals surface area (Å²) in [6, 6.07) is 15.5. The first-order valence-electron chi connectivity index (χ1n) is 8.59. The lowest BCUT2D eigenvalue weighted by Crippen LogP contribution is -2.38. The van der Waals surface area contributed by atoms with Crippen LogP contribution in [0.4, 0.5) is 0 Å².